The molecule has 0 heterocycles. The van der Waals surface area contributed by atoms with Gasteiger partial charge in [0.1, 0.15) is 0 Å². The first-order valence-corrected chi connectivity index (χ1v) is 7.39. The molecule has 3 heteroatoms. The Morgan fingerprint density at radius 3 is 2.14 bits per heavy atom. The topological polar surface area (TPSA) is 46.5 Å². The first-order chi connectivity index (χ1) is 10.7. The number of hydrogen-bond acceptors (Lipinski definition) is 3. The maximum atomic E-state index is 12.6. The van der Waals surface area contributed by atoms with E-state index < -0.39 is 0 Å². The molecule has 3 nitrogen and oxygen atoms in total. The van der Waals surface area contributed by atoms with E-state index in [1.165, 1.54) is 0 Å². The van der Waals surface area contributed by atoms with E-state index in [0.717, 1.165) is 21.5 Å². The van der Waals surface area contributed by atoms with Gasteiger partial charge in [0.15, 0.2) is 0 Å². The van der Waals surface area contributed by atoms with Gasteiger partial charge in [-0.25, -0.2) is 4.79 Å². The summed E-state index contributed by atoms with van der Waals surface area (Å²) >= 11 is 0. The summed E-state index contributed by atoms with van der Waals surface area (Å²) in [6.45, 7) is 2.06. The average Bonchev–Trinajstić information content (AvgIpc) is 2.57. The van der Waals surface area contributed by atoms with Crippen LogP contribution in [0.25, 0.3) is 21.5 Å². The monoisotopic (exact) mass is 294 g/mol. The molecule has 0 saturated heterocycles. The normalized spacial score (nSPS) is 12.5. The SMILES string of the molecule is CC(CO)COC(=O)c1c2ccccc2cc2ccccc12. The minimum atomic E-state index is -0.340. The number of fused-ring (bicyclic) bond motifs is 2. The molecule has 3 aromatic carbocycles. The Kier molecular flexibility index (Phi) is 4.07. The van der Waals surface area contributed by atoms with Gasteiger partial charge < -0.3 is 9.84 Å². The summed E-state index contributed by atoms with van der Waals surface area (Å²) in [6, 6.07) is 17.7. The molecule has 112 valence electrons. The third-order valence-corrected chi connectivity index (χ3v) is 3.79. The number of aliphatic hydroxyl groups excluding tert-OH is 1. The van der Waals surface area contributed by atoms with Crippen molar-refractivity contribution < 1.29 is 14.6 Å². The van der Waals surface area contributed by atoms with Gasteiger partial charge in [-0.15, -0.1) is 0 Å². The highest BCUT2D eigenvalue weighted by molar-refractivity contribution is 6.16. The van der Waals surface area contributed by atoms with Crippen molar-refractivity contribution in [3.05, 3.63) is 60.2 Å². The van der Waals surface area contributed by atoms with Crippen LogP contribution >= 0.6 is 0 Å². The van der Waals surface area contributed by atoms with Gasteiger partial charge in [0.25, 0.3) is 0 Å². The van der Waals surface area contributed by atoms with E-state index in [9.17, 15) is 4.79 Å². The smallest absolute Gasteiger partial charge is 0.339 e. The van der Waals surface area contributed by atoms with E-state index >= 15 is 0 Å². The largest absolute Gasteiger partial charge is 0.462 e. The number of ether oxygens (including phenoxy) is 1. The Morgan fingerprint density at radius 1 is 1.05 bits per heavy atom. The lowest BCUT2D eigenvalue weighted by Crippen LogP contribution is -2.15. The van der Waals surface area contributed by atoms with Gasteiger partial charge in [-0.2, -0.15) is 0 Å². The first kappa shape index (κ1) is 14.5. The first-order valence-electron chi connectivity index (χ1n) is 7.39. The Hall–Kier alpha value is -2.39. The lowest BCUT2D eigenvalue weighted by Gasteiger charge is -2.13. The molecule has 0 fully saturated rings. The number of esters is 1. The Bertz CT molecular complexity index is 769. The molecular weight excluding hydrogens is 276 g/mol. The highest BCUT2D eigenvalue weighted by atomic mass is 16.5. The fourth-order valence-corrected chi connectivity index (χ4v) is 2.58. The zero-order chi connectivity index (χ0) is 15.5. The van der Waals surface area contributed by atoms with Crippen molar-refractivity contribution in [1.82, 2.24) is 0 Å². The maximum Gasteiger partial charge on any atom is 0.339 e. The molecule has 0 amide bonds. The Morgan fingerprint density at radius 2 is 1.59 bits per heavy atom. The van der Waals surface area contributed by atoms with Crippen molar-refractivity contribution in [3.63, 3.8) is 0 Å². The molecule has 3 rings (SSSR count). The third-order valence-electron chi connectivity index (χ3n) is 3.79. The summed E-state index contributed by atoms with van der Waals surface area (Å²) in [4.78, 5) is 12.6. The highest BCUT2D eigenvalue weighted by Crippen LogP contribution is 2.29. The van der Waals surface area contributed by atoms with Crippen molar-refractivity contribution in [1.29, 1.82) is 0 Å². The Labute approximate surface area is 129 Å². The second-order valence-electron chi connectivity index (χ2n) is 5.58. The molecule has 0 saturated carbocycles. The summed E-state index contributed by atoms with van der Waals surface area (Å²) in [5, 5.41) is 12.9. The quantitative estimate of drug-likeness (QED) is 0.588. The van der Waals surface area contributed by atoms with Crippen molar-refractivity contribution in [2.45, 2.75) is 6.92 Å². The fourth-order valence-electron chi connectivity index (χ4n) is 2.58. The molecule has 0 aromatic heterocycles. The fraction of sp³-hybridized carbons (Fsp3) is 0.211. The van der Waals surface area contributed by atoms with E-state index in [2.05, 4.69) is 6.07 Å². The summed E-state index contributed by atoms with van der Waals surface area (Å²) in [6.07, 6.45) is 0. The van der Waals surface area contributed by atoms with E-state index in [4.69, 9.17) is 9.84 Å². The molecule has 0 spiro atoms. The molecule has 0 radical (unpaired) electrons. The molecule has 0 bridgehead atoms. The third kappa shape index (κ3) is 2.68. The van der Waals surface area contributed by atoms with E-state index in [0.29, 0.717) is 5.56 Å². The van der Waals surface area contributed by atoms with Crippen molar-refractivity contribution in [2.24, 2.45) is 5.92 Å². The van der Waals surface area contributed by atoms with Crippen LogP contribution in [-0.2, 0) is 4.74 Å². The zero-order valence-electron chi connectivity index (χ0n) is 12.5. The van der Waals surface area contributed by atoms with Gasteiger partial charge >= 0.3 is 5.97 Å². The molecule has 1 atom stereocenters. The molecular formula is C19H18O3. The van der Waals surface area contributed by atoms with E-state index in [1.54, 1.807) is 0 Å². The number of benzene rings is 3. The lowest BCUT2D eigenvalue weighted by atomic mass is 9.97. The number of carbonyl (C=O) groups is 1. The summed E-state index contributed by atoms with van der Waals surface area (Å²) in [7, 11) is 0. The lowest BCUT2D eigenvalue weighted by molar-refractivity contribution is 0.0410. The summed E-state index contributed by atoms with van der Waals surface area (Å²) in [5.74, 6) is -0.404. The van der Waals surface area contributed by atoms with Crippen molar-refractivity contribution >= 4 is 27.5 Å². The molecule has 0 aliphatic rings. The van der Waals surface area contributed by atoms with Gasteiger partial charge in [-0.3, -0.25) is 0 Å². The van der Waals surface area contributed by atoms with Crippen LogP contribution in [0.2, 0.25) is 0 Å². The second kappa shape index (κ2) is 6.16. The van der Waals surface area contributed by atoms with Crippen LogP contribution in [0.3, 0.4) is 0 Å². The standard InChI is InChI=1S/C19H18O3/c1-13(11-20)12-22-19(21)18-16-8-4-2-6-14(16)10-15-7-3-5-9-17(15)18/h2-10,13,20H,11-12H2,1H3. The van der Waals surface area contributed by atoms with Gasteiger partial charge in [0.05, 0.1) is 12.2 Å². The number of aliphatic hydroxyl groups is 1. The van der Waals surface area contributed by atoms with Crippen LogP contribution in [0, 0.1) is 5.92 Å². The van der Waals surface area contributed by atoms with Gasteiger partial charge in [-0.05, 0) is 27.6 Å². The van der Waals surface area contributed by atoms with Crippen LogP contribution in [0.5, 0.6) is 0 Å². The Balaban J connectivity index is 2.13. The number of rotatable bonds is 4. The summed E-state index contributed by atoms with van der Waals surface area (Å²) < 4.78 is 5.40. The maximum absolute atomic E-state index is 12.6. The molecule has 1 N–H and O–H groups in total. The zero-order valence-corrected chi connectivity index (χ0v) is 12.5. The van der Waals surface area contributed by atoms with E-state index in [-0.39, 0.29) is 25.1 Å². The molecule has 22 heavy (non-hydrogen) atoms. The molecule has 0 aliphatic heterocycles. The van der Waals surface area contributed by atoms with Crippen molar-refractivity contribution in [3.8, 4) is 0 Å². The average molecular weight is 294 g/mol. The molecule has 0 aliphatic carbocycles. The number of hydrogen-bond donors (Lipinski definition) is 1. The van der Waals surface area contributed by atoms with Crippen LogP contribution < -0.4 is 0 Å². The minimum Gasteiger partial charge on any atom is -0.462 e. The van der Waals surface area contributed by atoms with Crippen LogP contribution in [0.15, 0.2) is 54.6 Å². The van der Waals surface area contributed by atoms with Gasteiger partial charge in [0.2, 0.25) is 0 Å². The van der Waals surface area contributed by atoms with Gasteiger partial charge in [0, 0.05) is 12.5 Å². The van der Waals surface area contributed by atoms with Gasteiger partial charge in [-0.1, -0.05) is 55.5 Å². The second-order valence-corrected chi connectivity index (χ2v) is 5.58. The van der Waals surface area contributed by atoms with Crippen molar-refractivity contribution in [2.75, 3.05) is 13.2 Å². The van der Waals surface area contributed by atoms with Crippen LogP contribution in [0.1, 0.15) is 17.3 Å². The highest BCUT2D eigenvalue weighted by Gasteiger charge is 2.16. The van der Waals surface area contributed by atoms with Crippen LogP contribution in [-0.4, -0.2) is 24.3 Å². The van der Waals surface area contributed by atoms with E-state index in [1.807, 2.05) is 55.5 Å². The molecule has 3 aromatic rings. The van der Waals surface area contributed by atoms with Crippen LogP contribution in [0.4, 0.5) is 0 Å². The molecule has 1 unspecified atom stereocenters. The summed E-state index contributed by atoms with van der Waals surface area (Å²) in [5.41, 5.74) is 0.596. The predicted octanol–water partition coefficient (Wildman–Crippen LogP) is 3.78. The minimum absolute atomic E-state index is 0.00354. The predicted molar refractivity (Wildman–Crippen MR) is 88.0 cm³/mol. The number of carbonyl (C=O) groups excluding carboxylic acids is 1.